The second-order valence-electron chi connectivity index (χ2n) is 8.08. The van der Waals surface area contributed by atoms with E-state index >= 15 is 0 Å². The number of carbonyl (C=O) groups excluding carboxylic acids is 2. The third-order valence-electron chi connectivity index (χ3n) is 5.46. The summed E-state index contributed by atoms with van der Waals surface area (Å²) in [7, 11) is 0. The number of hydrogen-bond acceptors (Lipinski definition) is 4. The molecule has 0 bridgehead atoms. The molecule has 2 N–H and O–H groups in total. The molecule has 0 aromatic heterocycles. The van der Waals surface area contributed by atoms with Gasteiger partial charge in [-0.15, -0.1) is 0 Å². The summed E-state index contributed by atoms with van der Waals surface area (Å²) >= 11 is 12.0. The number of ether oxygens (including phenoxy) is 2. The third-order valence-corrected chi connectivity index (χ3v) is 6.30. The van der Waals surface area contributed by atoms with Gasteiger partial charge < -0.3 is 20.1 Å². The molecule has 1 aliphatic carbocycles. The molecule has 0 radical (unpaired) electrons. The third kappa shape index (κ3) is 7.31. The van der Waals surface area contributed by atoms with Crippen LogP contribution in [0.5, 0.6) is 11.5 Å². The zero-order valence-corrected chi connectivity index (χ0v) is 19.8. The fourth-order valence-corrected chi connectivity index (χ4v) is 3.87. The molecule has 6 nitrogen and oxygen atoms in total. The second-order valence-corrected chi connectivity index (χ2v) is 8.90. The van der Waals surface area contributed by atoms with E-state index in [-0.39, 0.29) is 37.1 Å². The first-order valence-electron chi connectivity index (χ1n) is 10.7. The van der Waals surface area contributed by atoms with Crippen molar-refractivity contribution in [2.45, 2.75) is 51.6 Å². The van der Waals surface area contributed by atoms with Crippen LogP contribution in [0.15, 0.2) is 36.4 Å². The Labute approximate surface area is 198 Å². The molecule has 0 heterocycles. The Bertz CT molecular complexity index is 882. The summed E-state index contributed by atoms with van der Waals surface area (Å²) < 4.78 is 11.1. The smallest absolute Gasteiger partial charge is 0.258 e. The minimum Gasteiger partial charge on any atom is -0.484 e. The van der Waals surface area contributed by atoms with Gasteiger partial charge in [-0.1, -0.05) is 23.2 Å². The van der Waals surface area contributed by atoms with E-state index in [9.17, 15) is 9.59 Å². The maximum atomic E-state index is 12.2. The Morgan fingerprint density at radius 1 is 0.781 bits per heavy atom. The van der Waals surface area contributed by atoms with Crippen LogP contribution >= 0.6 is 23.2 Å². The van der Waals surface area contributed by atoms with E-state index in [0.29, 0.717) is 21.5 Å². The van der Waals surface area contributed by atoms with Crippen molar-refractivity contribution in [2.75, 3.05) is 13.2 Å². The number of carbonyl (C=O) groups is 2. The van der Waals surface area contributed by atoms with Crippen LogP contribution in [0, 0.1) is 13.8 Å². The van der Waals surface area contributed by atoms with Crippen LogP contribution < -0.4 is 20.1 Å². The molecule has 32 heavy (non-hydrogen) atoms. The van der Waals surface area contributed by atoms with Crippen molar-refractivity contribution in [1.82, 2.24) is 10.6 Å². The van der Waals surface area contributed by atoms with Gasteiger partial charge in [0.05, 0.1) is 0 Å². The van der Waals surface area contributed by atoms with E-state index in [4.69, 9.17) is 32.7 Å². The van der Waals surface area contributed by atoms with Crippen molar-refractivity contribution in [1.29, 1.82) is 0 Å². The van der Waals surface area contributed by atoms with Gasteiger partial charge in [0.25, 0.3) is 11.8 Å². The highest BCUT2D eigenvalue weighted by atomic mass is 35.5. The highest BCUT2D eigenvalue weighted by Crippen LogP contribution is 2.22. The quantitative estimate of drug-likeness (QED) is 0.580. The first-order valence-corrected chi connectivity index (χ1v) is 11.4. The lowest BCUT2D eigenvalue weighted by molar-refractivity contribution is -0.125. The van der Waals surface area contributed by atoms with Crippen LogP contribution in [0.25, 0.3) is 0 Å². The topological polar surface area (TPSA) is 76.7 Å². The maximum Gasteiger partial charge on any atom is 0.258 e. The molecule has 0 unspecified atom stereocenters. The van der Waals surface area contributed by atoms with Gasteiger partial charge in [-0.3, -0.25) is 9.59 Å². The number of amides is 2. The second kappa shape index (κ2) is 11.4. The molecule has 0 atom stereocenters. The first-order chi connectivity index (χ1) is 15.3. The lowest BCUT2D eigenvalue weighted by Gasteiger charge is -2.29. The molecule has 1 saturated carbocycles. The van der Waals surface area contributed by atoms with Gasteiger partial charge in [-0.2, -0.15) is 0 Å². The lowest BCUT2D eigenvalue weighted by atomic mass is 9.91. The van der Waals surface area contributed by atoms with Gasteiger partial charge in [0, 0.05) is 22.1 Å². The molecule has 2 aromatic carbocycles. The van der Waals surface area contributed by atoms with Crippen molar-refractivity contribution in [3.8, 4) is 11.5 Å². The highest BCUT2D eigenvalue weighted by molar-refractivity contribution is 6.31. The average Bonchev–Trinajstić information content (AvgIpc) is 2.77. The minimum absolute atomic E-state index is 0.0424. The van der Waals surface area contributed by atoms with E-state index in [1.807, 2.05) is 13.8 Å². The predicted octanol–water partition coefficient (Wildman–Crippen LogP) is 4.61. The van der Waals surface area contributed by atoms with Crippen molar-refractivity contribution in [3.05, 3.63) is 57.6 Å². The van der Waals surface area contributed by atoms with Crippen LogP contribution in [-0.4, -0.2) is 37.1 Å². The molecule has 8 heteroatoms. The minimum atomic E-state index is -0.156. The first kappa shape index (κ1) is 24.2. The number of benzene rings is 2. The van der Waals surface area contributed by atoms with Gasteiger partial charge in [-0.05, 0) is 87.1 Å². The molecule has 172 valence electrons. The predicted molar refractivity (Wildman–Crippen MR) is 126 cm³/mol. The molecule has 0 spiro atoms. The van der Waals surface area contributed by atoms with E-state index in [2.05, 4.69) is 10.6 Å². The summed E-state index contributed by atoms with van der Waals surface area (Å²) in [5, 5.41) is 7.34. The Morgan fingerprint density at radius 3 is 1.50 bits per heavy atom. The molecule has 1 fully saturated rings. The Hall–Kier alpha value is -2.44. The largest absolute Gasteiger partial charge is 0.484 e. The van der Waals surface area contributed by atoms with Gasteiger partial charge in [-0.25, -0.2) is 0 Å². The fraction of sp³-hybridized carbons (Fsp3) is 0.417. The average molecular weight is 479 g/mol. The van der Waals surface area contributed by atoms with Crippen LogP contribution in [0.2, 0.25) is 10.0 Å². The van der Waals surface area contributed by atoms with Crippen molar-refractivity contribution < 1.29 is 19.1 Å². The summed E-state index contributed by atoms with van der Waals surface area (Å²) in [5.41, 5.74) is 1.80. The van der Waals surface area contributed by atoms with Gasteiger partial charge in [0.1, 0.15) is 11.5 Å². The normalized spacial score (nSPS) is 18.0. The van der Waals surface area contributed by atoms with Gasteiger partial charge in [0.2, 0.25) is 0 Å². The molecule has 0 aliphatic heterocycles. The van der Waals surface area contributed by atoms with Crippen LogP contribution in [0.4, 0.5) is 0 Å². The van der Waals surface area contributed by atoms with Gasteiger partial charge in [0.15, 0.2) is 13.2 Å². The maximum absolute atomic E-state index is 12.2. The SMILES string of the molecule is Cc1cc(OCC(=O)N[C@H]2CC[C@H](NC(=O)COc3ccc(Cl)c(C)c3)CC2)ccc1Cl. The van der Waals surface area contributed by atoms with Crippen LogP contribution in [0.1, 0.15) is 36.8 Å². The van der Waals surface area contributed by atoms with E-state index in [1.165, 1.54) is 0 Å². The summed E-state index contributed by atoms with van der Waals surface area (Å²) in [6, 6.07) is 10.8. The summed E-state index contributed by atoms with van der Waals surface area (Å²) in [5.74, 6) is 0.919. The van der Waals surface area contributed by atoms with Gasteiger partial charge >= 0.3 is 0 Å². The lowest BCUT2D eigenvalue weighted by Crippen LogP contribution is -2.45. The highest BCUT2D eigenvalue weighted by Gasteiger charge is 2.23. The van der Waals surface area contributed by atoms with Crippen LogP contribution in [-0.2, 0) is 9.59 Å². The molecular weight excluding hydrogens is 451 g/mol. The molecule has 0 saturated heterocycles. The standard InChI is InChI=1S/C24H28Cl2N2O4/c1-15-11-19(7-9-21(15)25)31-13-23(29)27-17-3-5-18(6-4-17)28-24(30)14-32-20-8-10-22(26)16(2)12-20/h7-12,17-18H,3-6,13-14H2,1-2H3,(H,27,29)(H,28,30)/t17-,18-. The number of nitrogens with one attached hydrogen (secondary N) is 2. The zero-order chi connectivity index (χ0) is 23.1. The summed E-state index contributed by atoms with van der Waals surface area (Å²) in [6.07, 6.45) is 3.20. The number of aryl methyl sites for hydroxylation is 2. The van der Waals surface area contributed by atoms with Crippen molar-refractivity contribution in [3.63, 3.8) is 0 Å². The zero-order valence-electron chi connectivity index (χ0n) is 18.3. The Balaban J connectivity index is 1.33. The number of halogens is 2. The Morgan fingerprint density at radius 2 is 1.16 bits per heavy atom. The Kier molecular flexibility index (Phi) is 8.65. The van der Waals surface area contributed by atoms with Crippen molar-refractivity contribution >= 4 is 35.0 Å². The van der Waals surface area contributed by atoms with E-state index < -0.39 is 0 Å². The number of rotatable bonds is 8. The molecule has 2 aromatic rings. The molecule has 2 amide bonds. The van der Waals surface area contributed by atoms with Crippen LogP contribution in [0.3, 0.4) is 0 Å². The molecular formula is C24H28Cl2N2O4. The summed E-state index contributed by atoms with van der Waals surface area (Å²) in [4.78, 5) is 24.4. The monoisotopic (exact) mass is 478 g/mol. The molecule has 1 aliphatic rings. The summed E-state index contributed by atoms with van der Waals surface area (Å²) in [6.45, 7) is 3.69. The van der Waals surface area contributed by atoms with E-state index in [0.717, 1.165) is 36.8 Å². The van der Waals surface area contributed by atoms with Crippen molar-refractivity contribution in [2.24, 2.45) is 0 Å². The molecule has 3 rings (SSSR count). The number of hydrogen-bond donors (Lipinski definition) is 2. The van der Waals surface area contributed by atoms with E-state index in [1.54, 1.807) is 36.4 Å². The fourth-order valence-electron chi connectivity index (χ4n) is 3.63.